The highest BCUT2D eigenvalue weighted by Crippen LogP contribution is 2.66. The Balaban J connectivity index is 1.14. The zero-order chi connectivity index (χ0) is 44.8. The average molecular weight is 862 g/mol. The molecule has 2 unspecified atom stereocenters. The molecule has 0 N–H and O–H groups in total. The predicted molar refractivity (Wildman–Crippen MR) is 280 cm³/mol. The van der Waals surface area contributed by atoms with Crippen LogP contribution in [-0.2, 0) is 16.2 Å². The Kier molecular flexibility index (Phi) is 7.22. The topological polar surface area (TPSA) is 11.4 Å². The van der Waals surface area contributed by atoms with Crippen LogP contribution in [0.15, 0.2) is 176 Å². The van der Waals surface area contributed by atoms with E-state index < -0.39 is 5.41 Å². The Labute approximate surface area is 394 Å². The van der Waals surface area contributed by atoms with E-state index in [4.69, 9.17) is 0 Å². The van der Waals surface area contributed by atoms with Crippen LogP contribution in [0.2, 0.25) is 0 Å². The summed E-state index contributed by atoms with van der Waals surface area (Å²) < 4.78 is 2.77. The monoisotopic (exact) mass is 861 g/mol. The van der Waals surface area contributed by atoms with Crippen molar-refractivity contribution in [1.29, 1.82) is 0 Å². The van der Waals surface area contributed by atoms with E-state index >= 15 is 0 Å². The van der Waals surface area contributed by atoms with E-state index in [0.29, 0.717) is 0 Å². The zero-order valence-corrected chi connectivity index (χ0v) is 39.0. The van der Waals surface area contributed by atoms with Gasteiger partial charge in [-0.3, -0.25) is 0 Å². The maximum Gasteiger partial charge on any atom is 0.252 e. The molecule has 1 aromatic heterocycles. The number of para-hydroxylation sites is 3. The summed E-state index contributed by atoms with van der Waals surface area (Å²) >= 11 is 0. The van der Waals surface area contributed by atoms with Crippen molar-refractivity contribution >= 4 is 62.4 Å². The first-order valence-electron chi connectivity index (χ1n) is 24.7. The predicted octanol–water partition coefficient (Wildman–Crippen LogP) is 13.6. The van der Waals surface area contributed by atoms with Crippen LogP contribution in [0.5, 0.6) is 0 Å². The number of rotatable bonds is 3. The standard InChI is InChI=1S/C63H52BN3/c1-60(2,3)39-35-50-59-52(36-39)64-51-32-20-28-46-55-58(45-27-14-17-31-49(45)63(55)47-29-15-12-25-43(47)44-26-13-16-30-48(44)63)66(57(46)51)53-37-42(65(40-21-8-6-9-22-40)41-23-10-7-11-24-41)38-54(56(53)64)67(59)62(5)34-19-18-33-61(50,62)4/h6-17,20-32,35-38H,18-19,33-34H2,1-5H3. The fourth-order valence-corrected chi connectivity index (χ4v) is 14.8. The molecule has 67 heavy (non-hydrogen) atoms. The van der Waals surface area contributed by atoms with Crippen LogP contribution >= 0.6 is 0 Å². The molecule has 8 aromatic carbocycles. The number of hydrogen-bond donors (Lipinski definition) is 0. The summed E-state index contributed by atoms with van der Waals surface area (Å²) in [6, 6.07) is 67.8. The second-order valence-corrected chi connectivity index (χ2v) is 21.9. The van der Waals surface area contributed by atoms with Crippen LogP contribution in [0.25, 0.3) is 39.0 Å². The number of benzene rings is 8. The van der Waals surface area contributed by atoms with Crippen LogP contribution in [0.1, 0.15) is 93.7 Å². The van der Waals surface area contributed by atoms with Crippen molar-refractivity contribution in [2.75, 3.05) is 9.80 Å². The summed E-state index contributed by atoms with van der Waals surface area (Å²) in [5, 5.41) is 1.36. The van der Waals surface area contributed by atoms with E-state index in [9.17, 15) is 0 Å². The quantitative estimate of drug-likeness (QED) is 0.164. The van der Waals surface area contributed by atoms with Crippen molar-refractivity contribution < 1.29 is 0 Å². The van der Waals surface area contributed by atoms with Gasteiger partial charge in [-0.25, -0.2) is 0 Å². The molecule has 9 aromatic rings. The minimum Gasteiger partial charge on any atom is -0.335 e. The van der Waals surface area contributed by atoms with Crippen LogP contribution in [0.4, 0.5) is 28.4 Å². The molecule has 6 aliphatic rings. The van der Waals surface area contributed by atoms with Crippen molar-refractivity contribution in [3.63, 3.8) is 0 Å². The second kappa shape index (κ2) is 12.7. The second-order valence-electron chi connectivity index (χ2n) is 21.9. The Hall–Kier alpha value is -7.04. The third kappa shape index (κ3) is 4.42. The molecular formula is C63H52BN3. The van der Waals surface area contributed by atoms with Gasteiger partial charge in [-0.1, -0.05) is 180 Å². The maximum absolute atomic E-state index is 2.91. The first kappa shape index (κ1) is 38.1. The molecule has 0 radical (unpaired) electrons. The largest absolute Gasteiger partial charge is 0.335 e. The van der Waals surface area contributed by atoms with E-state index in [0.717, 1.165) is 17.8 Å². The molecule has 1 spiro atoms. The van der Waals surface area contributed by atoms with Gasteiger partial charge in [-0.2, -0.15) is 0 Å². The van der Waals surface area contributed by atoms with Crippen molar-refractivity contribution in [2.24, 2.45) is 0 Å². The molecule has 3 nitrogen and oxygen atoms in total. The van der Waals surface area contributed by atoms with Crippen molar-refractivity contribution in [3.8, 4) is 28.1 Å². The van der Waals surface area contributed by atoms with E-state index in [1.165, 1.54) is 120 Å². The van der Waals surface area contributed by atoms with Gasteiger partial charge in [-0.05, 0) is 117 Å². The molecule has 15 rings (SSSR count). The molecular weight excluding hydrogens is 810 g/mol. The molecule has 0 bridgehead atoms. The molecule has 3 aliphatic heterocycles. The molecule has 0 amide bonds. The van der Waals surface area contributed by atoms with Crippen LogP contribution in [-0.4, -0.2) is 16.8 Å². The highest BCUT2D eigenvalue weighted by Gasteiger charge is 2.62. The summed E-state index contributed by atoms with van der Waals surface area (Å²) in [6.45, 7) is 12.5. The van der Waals surface area contributed by atoms with Crippen LogP contribution in [0.3, 0.4) is 0 Å². The summed E-state index contributed by atoms with van der Waals surface area (Å²) in [5.41, 5.74) is 26.6. The number of hydrogen-bond acceptors (Lipinski definition) is 2. The molecule has 3 aliphatic carbocycles. The molecule has 1 saturated carbocycles. The van der Waals surface area contributed by atoms with Gasteiger partial charge in [0.05, 0.1) is 22.3 Å². The van der Waals surface area contributed by atoms with Gasteiger partial charge in [0.25, 0.3) is 6.71 Å². The molecule has 4 heterocycles. The summed E-state index contributed by atoms with van der Waals surface area (Å²) in [5.74, 6) is 0. The lowest BCUT2D eigenvalue weighted by Crippen LogP contribution is -2.64. The third-order valence-corrected chi connectivity index (χ3v) is 17.8. The number of anilines is 5. The molecule has 0 saturated heterocycles. The lowest BCUT2D eigenvalue weighted by atomic mass is 9.33. The SMILES string of the molecule is CC(C)(C)c1cc2c3c(c1)C1(C)CCCCC1(C)N3c1cc(N(c3ccccc3)c3ccccc3)cc3c1B2c1cccc2c4c(n-3c12)-c1ccccc1C41c2ccccc2-c2ccccc21. The lowest BCUT2D eigenvalue weighted by molar-refractivity contribution is 0.195. The van der Waals surface area contributed by atoms with Gasteiger partial charge < -0.3 is 14.4 Å². The summed E-state index contributed by atoms with van der Waals surface area (Å²) in [7, 11) is 0. The normalized spacial score (nSPS) is 20.3. The van der Waals surface area contributed by atoms with Crippen molar-refractivity contribution in [1.82, 2.24) is 4.57 Å². The van der Waals surface area contributed by atoms with E-state index in [1.807, 2.05) is 0 Å². The first-order chi connectivity index (χ1) is 32.6. The Bertz CT molecular complexity index is 3550. The highest BCUT2D eigenvalue weighted by molar-refractivity contribution is 7.00. The van der Waals surface area contributed by atoms with Crippen molar-refractivity contribution in [2.45, 2.75) is 82.1 Å². The van der Waals surface area contributed by atoms with Gasteiger partial charge >= 0.3 is 0 Å². The average Bonchev–Trinajstić information content (AvgIpc) is 4.02. The lowest BCUT2D eigenvalue weighted by Gasteiger charge is -2.52. The minimum absolute atomic E-state index is 0.0112. The smallest absolute Gasteiger partial charge is 0.252 e. The van der Waals surface area contributed by atoms with E-state index in [1.54, 1.807) is 5.56 Å². The Morgan fingerprint density at radius 3 is 1.78 bits per heavy atom. The fraction of sp³-hybridized carbons (Fsp3) is 0.206. The number of fused-ring (bicyclic) bond motifs is 19. The van der Waals surface area contributed by atoms with Crippen LogP contribution < -0.4 is 26.2 Å². The molecule has 4 heteroatoms. The highest BCUT2D eigenvalue weighted by atomic mass is 15.3. The Morgan fingerprint density at radius 2 is 1.12 bits per heavy atom. The summed E-state index contributed by atoms with van der Waals surface area (Å²) in [6.07, 6.45) is 4.84. The Morgan fingerprint density at radius 1 is 0.537 bits per heavy atom. The third-order valence-electron chi connectivity index (χ3n) is 17.8. The number of aromatic nitrogens is 1. The summed E-state index contributed by atoms with van der Waals surface area (Å²) in [4.78, 5) is 5.41. The van der Waals surface area contributed by atoms with Gasteiger partial charge in [0.15, 0.2) is 0 Å². The van der Waals surface area contributed by atoms with Gasteiger partial charge in [0, 0.05) is 55.9 Å². The molecule has 322 valence electrons. The number of nitrogens with zero attached hydrogens (tertiary/aromatic N) is 3. The van der Waals surface area contributed by atoms with E-state index in [-0.39, 0.29) is 23.1 Å². The maximum atomic E-state index is 2.91. The van der Waals surface area contributed by atoms with Gasteiger partial charge in [0.2, 0.25) is 0 Å². The molecule has 1 fully saturated rings. The van der Waals surface area contributed by atoms with Crippen LogP contribution in [0, 0.1) is 0 Å². The zero-order valence-electron chi connectivity index (χ0n) is 39.0. The van der Waals surface area contributed by atoms with Gasteiger partial charge in [0.1, 0.15) is 0 Å². The minimum atomic E-state index is -0.471. The van der Waals surface area contributed by atoms with E-state index in [2.05, 4.69) is 225 Å². The molecule has 2 atom stereocenters. The van der Waals surface area contributed by atoms with Crippen molar-refractivity contribution in [3.05, 3.63) is 209 Å². The van der Waals surface area contributed by atoms with Gasteiger partial charge in [-0.15, -0.1) is 0 Å². The first-order valence-corrected chi connectivity index (χ1v) is 24.7. The fourth-order valence-electron chi connectivity index (χ4n) is 14.8.